The Hall–Kier alpha value is -0.740. The molecular weight excluding hydrogens is 297 g/mol. The molecule has 1 N–H and O–H groups in total. The Bertz CT molecular complexity index is 430. The van der Waals surface area contributed by atoms with Gasteiger partial charge in [0, 0.05) is 12.8 Å². The van der Waals surface area contributed by atoms with Crippen LogP contribution in [0, 0.1) is 11.7 Å². The van der Waals surface area contributed by atoms with Crippen molar-refractivity contribution in [3.05, 3.63) is 34.1 Å². The fraction of sp³-hybridized carbons (Fsp3) is 0.500. The standard InChI is InChI=1S/C14H17BrFNO/c15-13-8-11(2-4-14(13)16)7-12(18)3-1-10-5-6-17-9-10/h2,4,8,10,17H,1,3,5-7,9H2. The van der Waals surface area contributed by atoms with Gasteiger partial charge in [-0.2, -0.15) is 0 Å². The maximum atomic E-state index is 13.0. The highest BCUT2D eigenvalue weighted by atomic mass is 79.9. The third-order valence-corrected chi connectivity index (χ3v) is 3.99. The van der Waals surface area contributed by atoms with Crippen molar-refractivity contribution in [1.82, 2.24) is 5.32 Å². The van der Waals surface area contributed by atoms with Gasteiger partial charge in [-0.3, -0.25) is 4.79 Å². The predicted molar refractivity (Wildman–Crippen MR) is 73.0 cm³/mol. The van der Waals surface area contributed by atoms with Crippen LogP contribution in [0.2, 0.25) is 0 Å². The van der Waals surface area contributed by atoms with Crippen molar-refractivity contribution in [2.45, 2.75) is 25.7 Å². The molecule has 2 rings (SSSR count). The normalized spacial score (nSPS) is 19.1. The fourth-order valence-corrected chi connectivity index (χ4v) is 2.72. The summed E-state index contributed by atoms with van der Waals surface area (Å²) < 4.78 is 13.5. The summed E-state index contributed by atoms with van der Waals surface area (Å²) in [5, 5.41) is 3.30. The molecule has 1 atom stereocenters. The molecule has 0 bridgehead atoms. The van der Waals surface area contributed by atoms with Crippen molar-refractivity contribution < 1.29 is 9.18 Å². The maximum Gasteiger partial charge on any atom is 0.137 e. The van der Waals surface area contributed by atoms with Gasteiger partial charge in [-0.05, 0) is 65.5 Å². The van der Waals surface area contributed by atoms with Gasteiger partial charge in [0.2, 0.25) is 0 Å². The lowest BCUT2D eigenvalue weighted by Crippen LogP contribution is -2.11. The van der Waals surface area contributed by atoms with Gasteiger partial charge >= 0.3 is 0 Å². The molecule has 0 aromatic heterocycles. The van der Waals surface area contributed by atoms with E-state index in [1.165, 1.54) is 12.5 Å². The van der Waals surface area contributed by atoms with E-state index >= 15 is 0 Å². The van der Waals surface area contributed by atoms with Crippen LogP contribution in [0.5, 0.6) is 0 Å². The maximum absolute atomic E-state index is 13.0. The van der Waals surface area contributed by atoms with Gasteiger partial charge < -0.3 is 5.32 Å². The number of rotatable bonds is 5. The van der Waals surface area contributed by atoms with Crippen LogP contribution < -0.4 is 5.32 Å². The highest BCUT2D eigenvalue weighted by Crippen LogP contribution is 2.19. The summed E-state index contributed by atoms with van der Waals surface area (Å²) in [6, 6.07) is 4.76. The van der Waals surface area contributed by atoms with E-state index in [9.17, 15) is 9.18 Å². The first-order valence-corrected chi connectivity index (χ1v) is 7.11. The van der Waals surface area contributed by atoms with Gasteiger partial charge in [-0.15, -0.1) is 0 Å². The van der Waals surface area contributed by atoms with Crippen LogP contribution in [0.1, 0.15) is 24.8 Å². The van der Waals surface area contributed by atoms with Gasteiger partial charge in [0.15, 0.2) is 0 Å². The van der Waals surface area contributed by atoms with Crippen molar-refractivity contribution in [2.24, 2.45) is 5.92 Å². The van der Waals surface area contributed by atoms with E-state index in [2.05, 4.69) is 21.2 Å². The Balaban J connectivity index is 1.80. The van der Waals surface area contributed by atoms with Crippen molar-refractivity contribution in [1.29, 1.82) is 0 Å². The minimum atomic E-state index is -0.289. The largest absolute Gasteiger partial charge is 0.316 e. The van der Waals surface area contributed by atoms with Crippen molar-refractivity contribution >= 4 is 21.7 Å². The van der Waals surface area contributed by atoms with Gasteiger partial charge in [-0.25, -0.2) is 4.39 Å². The first-order chi connectivity index (χ1) is 8.65. The quantitative estimate of drug-likeness (QED) is 0.905. The molecule has 2 nitrogen and oxygen atoms in total. The number of carbonyl (C=O) groups is 1. The van der Waals surface area contributed by atoms with E-state index in [-0.39, 0.29) is 11.6 Å². The lowest BCUT2D eigenvalue weighted by molar-refractivity contribution is -0.118. The SMILES string of the molecule is O=C(CCC1CCNC1)Cc1ccc(F)c(Br)c1. The van der Waals surface area contributed by atoms with E-state index in [1.54, 1.807) is 12.1 Å². The molecule has 4 heteroatoms. The number of halogens is 2. The number of ketones is 1. The zero-order chi connectivity index (χ0) is 13.0. The molecule has 98 valence electrons. The first kappa shape index (κ1) is 13.7. The molecule has 1 aromatic carbocycles. The molecule has 1 saturated heterocycles. The van der Waals surface area contributed by atoms with Crippen molar-refractivity contribution in [3.8, 4) is 0 Å². The Morgan fingerprint density at radius 2 is 2.33 bits per heavy atom. The molecule has 1 aliphatic rings. The van der Waals surface area contributed by atoms with Crippen LogP contribution in [-0.2, 0) is 11.2 Å². The third-order valence-electron chi connectivity index (χ3n) is 3.38. The Kier molecular flexibility index (Phi) is 4.89. The van der Waals surface area contributed by atoms with E-state index < -0.39 is 0 Å². The minimum Gasteiger partial charge on any atom is -0.316 e. The van der Waals surface area contributed by atoms with Crippen LogP contribution in [0.25, 0.3) is 0 Å². The number of carbonyl (C=O) groups excluding carboxylic acids is 1. The summed E-state index contributed by atoms with van der Waals surface area (Å²) in [5.41, 5.74) is 0.873. The molecule has 1 unspecified atom stereocenters. The van der Waals surface area contributed by atoms with Gasteiger partial charge in [0.25, 0.3) is 0 Å². The van der Waals surface area contributed by atoms with Gasteiger partial charge in [0.05, 0.1) is 4.47 Å². The van der Waals surface area contributed by atoms with Crippen molar-refractivity contribution in [2.75, 3.05) is 13.1 Å². The lowest BCUT2D eigenvalue weighted by atomic mass is 9.98. The first-order valence-electron chi connectivity index (χ1n) is 6.31. The molecule has 0 radical (unpaired) electrons. The van der Waals surface area contributed by atoms with Crippen LogP contribution in [0.3, 0.4) is 0 Å². The van der Waals surface area contributed by atoms with Gasteiger partial charge in [-0.1, -0.05) is 6.07 Å². The van der Waals surface area contributed by atoms with E-state index in [1.807, 2.05) is 0 Å². The highest BCUT2D eigenvalue weighted by molar-refractivity contribution is 9.10. The molecule has 0 aliphatic carbocycles. The van der Waals surface area contributed by atoms with Gasteiger partial charge in [0.1, 0.15) is 11.6 Å². The number of hydrogen-bond donors (Lipinski definition) is 1. The van der Waals surface area contributed by atoms with Crippen LogP contribution in [-0.4, -0.2) is 18.9 Å². The molecule has 1 aromatic rings. The molecule has 1 heterocycles. The summed E-state index contributed by atoms with van der Waals surface area (Å²) in [5.74, 6) is 0.595. The Morgan fingerprint density at radius 3 is 3.00 bits per heavy atom. The summed E-state index contributed by atoms with van der Waals surface area (Å²) in [4.78, 5) is 11.8. The van der Waals surface area contributed by atoms with Crippen LogP contribution in [0.4, 0.5) is 4.39 Å². The lowest BCUT2D eigenvalue weighted by Gasteiger charge is -2.07. The number of Topliss-reactive ketones (excluding diaryl/α,β-unsaturated/α-hetero) is 1. The van der Waals surface area contributed by atoms with Crippen LogP contribution >= 0.6 is 15.9 Å². The summed E-state index contributed by atoms with van der Waals surface area (Å²) in [6.45, 7) is 2.11. The number of benzene rings is 1. The zero-order valence-electron chi connectivity index (χ0n) is 10.2. The average molecular weight is 314 g/mol. The van der Waals surface area contributed by atoms with E-state index in [0.29, 0.717) is 23.2 Å². The Labute approximate surface area is 115 Å². The highest BCUT2D eigenvalue weighted by Gasteiger charge is 2.15. The van der Waals surface area contributed by atoms with Crippen LogP contribution in [0.15, 0.2) is 22.7 Å². The summed E-state index contributed by atoms with van der Waals surface area (Å²) >= 11 is 3.13. The Morgan fingerprint density at radius 1 is 1.50 bits per heavy atom. The molecule has 0 saturated carbocycles. The second kappa shape index (κ2) is 6.43. The molecule has 1 aliphatic heterocycles. The smallest absolute Gasteiger partial charge is 0.137 e. The topological polar surface area (TPSA) is 29.1 Å². The molecule has 18 heavy (non-hydrogen) atoms. The number of nitrogens with one attached hydrogen (secondary N) is 1. The summed E-state index contributed by atoms with van der Waals surface area (Å²) in [6.07, 6.45) is 3.17. The molecule has 0 spiro atoms. The van der Waals surface area contributed by atoms with Crippen molar-refractivity contribution in [3.63, 3.8) is 0 Å². The molecular formula is C14H17BrFNO. The second-order valence-corrected chi connectivity index (χ2v) is 5.72. The summed E-state index contributed by atoms with van der Waals surface area (Å²) in [7, 11) is 0. The zero-order valence-corrected chi connectivity index (χ0v) is 11.8. The third kappa shape index (κ3) is 3.89. The second-order valence-electron chi connectivity index (χ2n) is 4.86. The number of hydrogen-bond acceptors (Lipinski definition) is 2. The van der Waals surface area contributed by atoms with E-state index in [4.69, 9.17) is 0 Å². The molecule has 0 amide bonds. The average Bonchev–Trinajstić information content (AvgIpc) is 2.84. The fourth-order valence-electron chi connectivity index (χ4n) is 2.29. The van der Waals surface area contributed by atoms with E-state index in [0.717, 1.165) is 25.1 Å². The monoisotopic (exact) mass is 313 g/mol. The predicted octanol–water partition coefficient (Wildman–Crippen LogP) is 3.09. The minimum absolute atomic E-state index is 0.236. The molecule has 1 fully saturated rings.